The van der Waals surface area contributed by atoms with Crippen molar-refractivity contribution in [2.45, 2.75) is 53.2 Å². The minimum Gasteiger partial charge on any atom is -0.247 e. The van der Waals surface area contributed by atoms with Gasteiger partial charge in [0, 0.05) is 35.6 Å². The molecule has 0 bridgehead atoms. The van der Waals surface area contributed by atoms with Gasteiger partial charge < -0.3 is 0 Å². The van der Waals surface area contributed by atoms with Gasteiger partial charge in [-0.3, -0.25) is 0 Å². The normalized spacial score (nSPS) is 15.6. The van der Waals surface area contributed by atoms with Crippen molar-refractivity contribution in [3.63, 3.8) is 0 Å². The van der Waals surface area contributed by atoms with Crippen LogP contribution in [0.5, 0.6) is 0 Å². The fraction of sp³-hybridized carbons (Fsp3) is 1.00. The molecule has 0 aliphatic rings. The van der Waals surface area contributed by atoms with Gasteiger partial charge in [0.25, 0.3) is 0 Å². The molecule has 0 aromatic rings. The number of hydrogen-bond acceptors (Lipinski definition) is 3. The fourth-order valence-electron chi connectivity index (χ4n) is 1.13. The molecule has 1 unspecified atom stereocenters. The van der Waals surface area contributed by atoms with E-state index in [9.17, 15) is 0 Å². The second kappa shape index (κ2) is 5.66. The summed E-state index contributed by atoms with van der Waals surface area (Å²) < 4.78 is 5.40. The maximum absolute atomic E-state index is 5.40. The first-order valence-electron chi connectivity index (χ1n) is 5.03. The molecule has 86 valence electrons. The zero-order chi connectivity index (χ0) is 11.4. The Morgan fingerprint density at radius 1 is 1.07 bits per heavy atom. The van der Waals surface area contributed by atoms with Gasteiger partial charge in [-0.25, -0.2) is 3.63 Å². The SMILES string of the molecule is CSOSC(CC(C)(C)C)C(C)(C)C. The third-order valence-corrected chi connectivity index (χ3v) is 3.95. The molecular formula is C11H24OS2. The summed E-state index contributed by atoms with van der Waals surface area (Å²) in [5, 5.41) is 0.551. The van der Waals surface area contributed by atoms with Gasteiger partial charge in [-0.2, -0.15) is 0 Å². The third-order valence-electron chi connectivity index (χ3n) is 1.99. The molecule has 0 rings (SSSR count). The van der Waals surface area contributed by atoms with E-state index < -0.39 is 0 Å². The van der Waals surface area contributed by atoms with E-state index in [4.69, 9.17) is 3.63 Å². The highest BCUT2D eigenvalue weighted by molar-refractivity contribution is 8.07. The van der Waals surface area contributed by atoms with Crippen LogP contribution in [0.4, 0.5) is 0 Å². The van der Waals surface area contributed by atoms with Crippen LogP contribution in [0, 0.1) is 10.8 Å². The van der Waals surface area contributed by atoms with Crippen LogP contribution < -0.4 is 0 Å². The van der Waals surface area contributed by atoms with E-state index in [2.05, 4.69) is 41.5 Å². The Kier molecular flexibility index (Phi) is 5.93. The lowest BCUT2D eigenvalue weighted by atomic mass is 9.81. The van der Waals surface area contributed by atoms with Gasteiger partial charge in [0.15, 0.2) is 0 Å². The van der Waals surface area contributed by atoms with E-state index in [0.717, 1.165) is 0 Å². The van der Waals surface area contributed by atoms with Crippen molar-refractivity contribution < 1.29 is 3.63 Å². The smallest absolute Gasteiger partial charge is 0.0377 e. The average Bonchev–Trinajstić information content (AvgIpc) is 1.93. The molecule has 0 aromatic carbocycles. The molecule has 3 heteroatoms. The predicted octanol–water partition coefficient (Wildman–Crippen LogP) is 4.78. The van der Waals surface area contributed by atoms with Gasteiger partial charge in [-0.1, -0.05) is 41.5 Å². The van der Waals surface area contributed by atoms with Crippen LogP contribution in [0.1, 0.15) is 48.0 Å². The zero-order valence-electron chi connectivity index (χ0n) is 10.5. The molecule has 0 saturated carbocycles. The highest BCUT2D eigenvalue weighted by Crippen LogP contribution is 2.40. The Labute approximate surface area is 98.2 Å². The van der Waals surface area contributed by atoms with Gasteiger partial charge in [0.1, 0.15) is 0 Å². The molecule has 0 heterocycles. The van der Waals surface area contributed by atoms with Gasteiger partial charge in [-0.15, -0.1) is 0 Å². The molecule has 0 radical (unpaired) electrons. The van der Waals surface area contributed by atoms with Crippen LogP contribution in [0.3, 0.4) is 0 Å². The van der Waals surface area contributed by atoms with Gasteiger partial charge in [-0.05, 0) is 17.3 Å². The summed E-state index contributed by atoms with van der Waals surface area (Å²) in [6, 6.07) is 0. The Bertz CT molecular complexity index is 156. The molecule has 1 nitrogen and oxygen atoms in total. The van der Waals surface area contributed by atoms with Crippen molar-refractivity contribution in [3.8, 4) is 0 Å². The first kappa shape index (κ1) is 14.7. The molecule has 14 heavy (non-hydrogen) atoms. The Morgan fingerprint density at radius 2 is 1.57 bits per heavy atom. The molecule has 0 fully saturated rings. The maximum Gasteiger partial charge on any atom is 0.0377 e. The number of rotatable bonds is 4. The monoisotopic (exact) mass is 236 g/mol. The van der Waals surface area contributed by atoms with Crippen LogP contribution in [-0.2, 0) is 3.63 Å². The minimum absolute atomic E-state index is 0.299. The molecule has 0 spiro atoms. The van der Waals surface area contributed by atoms with Crippen LogP contribution in [0.2, 0.25) is 0 Å². The Morgan fingerprint density at radius 3 is 1.86 bits per heavy atom. The first-order valence-corrected chi connectivity index (χ1v) is 6.98. The van der Waals surface area contributed by atoms with Crippen molar-refractivity contribution in [2.75, 3.05) is 6.26 Å². The molecule has 0 aliphatic heterocycles. The number of hydrogen-bond donors (Lipinski definition) is 0. The molecular weight excluding hydrogens is 212 g/mol. The summed E-state index contributed by atoms with van der Waals surface area (Å²) >= 11 is 3.05. The highest BCUT2D eigenvalue weighted by Gasteiger charge is 2.30. The van der Waals surface area contributed by atoms with Crippen molar-refractivity contribution in [1.29, 1.82) is 0 Å². The van der Waals surface area contributed by atoms with Crippen molar-refractivity contribution >= 4 is 24.1 Å². The van der Waals surface area contributed by atoms with Crippen LogP contribution >= 0.6 is 24.1 Å². The summed E-state index contributed by atoms with van der Waals surface area (Å²) in [4.78, 5) is 0. The quantitative estimate of drug-likeness (QED) is 0.650. The van der Waals surface area contributed by atoms with E-state index in [-0.39, 0.29) is 0 Å². The van der Waals surface area contributed by atoms with E-state index >= 15 is 0 Å². The molecule has 0 aliphatic carbocycles. The first-order chi connectivity index (χ1) is 6.17. The van der Waals surface area contributed by atoms with Crippen molar-refractivity contribution in [2.24, 2.45) is 10.8 Å². The summed E-state index contributed by atoms with van der Waals surface area (Å²) in [6.07, 6.45) is 3.14. The minimum atomic E-state index is 0.299. The lowest BCUT2D eigenvalue weighted by Crippen LogP contribution is -2.28. The van der Waals surface area contributed by atoms with E-state index in [1.165, 1.54) is 18.5 Å². The Hall–Kier alpha value is 0.660. The maximum atomic E-state index is 5.40. The second-order valence-corrected chi connectivity index (χ2v) is 7.59. The van der Waals surface area contributed by atoms with E-state index in [1.54, 1.807) is 12.0 Å². The van der Waals surface area contributed by atoms with Crippen LogP contribution in [-0.4, -0.2) is 11.5 Å². The fourth-order valence-corrected chi connectivity index (χ4v) is 2.68. The standard InChI is InChI=1S/C11H24OS2/c1-10(2,3)8-9(11(4,5)6)14-12-13-7/h9H,8H2,1-7H3. The second-order valence-electron chi connectivity index (χ2n) is 5.95. The lowest BCUT2D eigenvalue weighted by molar-refractivity contribution is 0.283. The van der Waals surface area contributed by atoms with Crippen LogP contribution in [0.25, 0.3) is 0 Å². The molecule has 0 amide bonds. The topological polar surface area (TPSA) is 9.23 Å². The third kappa shape index (κ3) is 7.02. The van der Waals surface area contributed by atoms with Gasteiger partial charge >= 0.3 is 0 Å². The van der Waals surface area contributed by atoms with Crippen LogP contribution in [0.15, 0.2) is 0 Å². The van der Waals surface area contributed by atoms with Crippen molar-refractivity contribution in [1.82, 2.24) is 0 Å². The van der Waals surface area contributed by atoms with Crippen molar-refractivity contribution in [3.05, 3.63) is 0 Å². The Balaban J connectivity index is 4.26. The van der Waals surface area contributed by atoms with E-state index in [1.807, 2.05) is 6.26 Å². The van der Waals surface area contributed by atoms with E-state index in [0.29, 0.717) is 16.1 Å². The molecule has 0 aromatic heterocycles. The molecule has 0 saturated heterocycles. The zero-order valence-corrected chi connectivity index (χ0v) is 12.1. The molecule has 0 N–H and O–H groups in total. The highest BCUT2D eigenvalue weighted by atomic mass is 32.2. The summed E-state index contributed by atoms with van der Waals surface area (Å²) in [5.74, 6) is 0. The average molecular weight is 236 g/mol. The summed E-state index contributed by atoms with van der Waals surface area (Å²) in [6.45, 7) is 13.7. The summed E-state index contributed by atoms with van der Waals surface area (Å²) in [7, 11) is 0. The summed E-state index contributed by atoms with van der Waals surface area (Å²) in [5.41, 5.74) is 0.667. The largest absolute Gasteiger partial charge is 0.247 e. The molecule has 1 atom stereocenters. The lowest BCUT2D eigenvalue weighted by Gasteiger charge is -2.33. The van der Waals surface area contributed by atoms with Gasteiger partial charge in [0.05, 0.1) is 0 Å². The predicted molar refractivity (Wildman–Crippen MR) is 69.5 cm³/mol. The van der Waals surface area contributed by atoms with Gasteiger partial charge in [0.2, 0.25) is 0 Å².